The van der Waals surface area contributed by atoms with E-state index in [9.17, 15) is 4.79 Å². The van der Waals surface area contributed by atoms with Crippen molar-refractivity contribution < 1.29 is 9.53 Å². The number of pyridine rings is 1. The van der Waals surface area contributed by atoms with Crippen molar-refractivity contribution in [3.8, 4) is 5.75 Å². The Morgan fingerprint density at radius 1 is 1.53 bits per heavy atom. The van der Waals surface area contributed by atoms with Crippen LogP contribution in [0.5, 0.6) is 5.75 Å². The summed E-state index contributed by atoms with van der Waals surface area (Å²) in [6.07, 6.45) is 4.83. The summed E-state index contributed by atoms with van der Waals surface area (Å²) in [7, 11) is 0. The van der Waals surface area contributed by atoms with Gasteiger partial charge in [0.15, 0.2) is 6.23 Å². The number of carbonyl (C=O) groups excluding carboxylic acids is 1. The minimum atomic E-state index is -0.424. The molecule has 2 N–H and O–H groups in total. The van der Waals surface area contributed by atoms with E-state index < -0.39 is 6.03 Å². The van der Waals surface area contributed by atoms with Gasteiger partial charge in [-0.05, 0) is 18.6 Å². The van der Waals surface area contributed by atoms with E-state index >= 15 is 0 Å². The van der Waals surface area contributed by atoms with Gasteiger partial charge in [0.1, 0.15) is 5.75 Å². The lowest BCUT2D eigenvalue weighted by Gasteiger charge is -2.23. The summed E-state index contributed by atoms with van der Waals surface area (Å²) < 4.78 is 5.63. The van der Waals surface area contributed by atoms with E-state index in [-0.39, 0.29) is 6.23 Å². The molecule has 2 rings (SSSR count). The molecule has 0 aliphatic carbocycles. The van der Waals surface area contributed by atoms with Crippen LogP contribution < -0.4 is 10.5 Å². The Balaban J connectivity index is 2.03. The average Bonchev–Trinajstić information content (AvgIpc) is 2.67. The summed E-state index contributed by atoms with van der Waals surface area (Å²) >= 11 is 0. The predicted octanol–water partition coefficient (Wildman–Crippen LogP) is 0.961. The van der Waals surface area contributed by atoms with Gasteiger partial charge in [0.25, 0.3) is 0 Å². The number of ether oxygens (including phenoxy) is 1. The molecule has 1 aliphatic heterocycles. The fourth-order valence-electron chi connectivity index (χ4n) is 1.68. The first-order valence-corrected chi connectivity index (χ1v) is 4.90. The largest absolute Gasteiger partial charge is 0.470 e. The van der Waals surface area contributed by atoms with Crippen LogP contribution in [0, 0.1) is 0 Å². The highest BCUT2D eigenvalue weighted by Gasteiger charge is 2.28. The summed E-state index contributed by atoms with van der Waals surface area (Å²) in [5.74, 6) is 0.711. The Hall–Kier alpha value is -1.78. The summed E-state index contributed by atoms with van der Waals surface area (Å²) in [5.41, 5.74) is 5.24. The van der Waals surface area contributed by atoms with Gasteiger partial charge in [-0.25, -0.2) is 4.79 Å². The fourth-order valence-corrected chi connectivity index (χ4v) is 1.68. The van der Waals surface area contributed by atoms with E-state index in [2.05, 4.69) is 4.98 Å². The zero-order valence-corrected chi connectivity index (χ0v) is 8.30. The van der Waals surface area contributed by atoms with Crippen LogP contribution in [0.4, 0.5) is 4.79 Å². The van der Waals surface area contributed by atoms with Gasteiger partial charge < -0.3 is 10.5 Å². The minimum absolute atomic E-state index is 0.232. The molecule has 0 unspecified atom stereocenters. The highest BCUT2D eigenvalue weighted by atomic mass is 16.5. The normalized spacial score (nSPS) is 20.3. The predicted molar refractivity (Wildman–Crippen MR) is 54.2 cm³/mol. The molecule has 1 fully saturated rings. The maximum Gasteiger partial charge on any atom is 0.317 e. The Labute approximate surface area is 87.8 Å². The van der Waals surface area contributed by atoms with Gasteiger partial charge >= 0.3 is 6.03 Å². The minimum Gasteiger partial charge on any atom is -0.470 e. The van der Waals surface area contributed by atoms with E-state index in [4.69, 9.17) is 10.5 Å². The van der Waals surface area contributed by atoms with Gasteiger partial charge in [-0.15, -0.1) is 0 Å². The number of primary amides is 1. The molecule has 0 aromatic carbocycles. The molecule has 1 atom stereocenters. The van der Waals surface area contributed by atoms with Crippen LogP contribution >= 0.6 is 0 Å². The Bertz CT molecular complexity index is 342. The van der Waals surface area contributed by atoms with Gasteiger partial charge in [0.05, 0.1) is 0 Å². The zero-order valence-electron chi connectivity index (χ0n) is 8.30. The van der Waals surface area contributed by atoms with Crippen LogP contribution in [-0.4, -0.2) is 28.7 Å². The quantitative estimate of drug-likeness (QED) is 0.785. The van der Waals surface area contributed by atoms with Crippen molar-refractivity contribution in [3.63, 3.8) is 0 Å². The molecule has 0 bridgehead atoms. The molecule has 15 heavy (non-hydrogen) atoms. The lowest BCUT2D eigenvalue weighted by Crippen LogP contribution is -2.42. The summed E-state index contributed by atoms with van der Waals surface area (Å²) in [6, 6.07) is 3.10. The number of rotatable bonds is 2. The van der Waals surface area contributed by atoms with Crippen molar-refractivity contribution in [3.05, 3.63) is 24.5 Å². The van der Waals surface area contributed by atoms with Crippen molar-refractivity contribution in [1.29, 1.82) is 0 Å². The molecular formula is C10H13N3O2. The molecule has 5 heteroatoms. The van der Waals surface area contributed by atoms with Crippen molar-refractivity contribution in [2.24, 2.45) is 5.73 Å². The number of hydrogen-bond acceptors (Lipinski definition) is 3. The van der Waals surface area contributed by atoms with E-state index in [0.29, 0.717) is 12.3 Å². The Kier molecular flexibility index (Phi) is 2.71. The van der Waals surface area contributed by atoms with Gasteiger partial charge in [0.2, 0.25) is 0 Å². The van der Waals surface area contributed by atoms with Crippen LogP contribution in [0.3, 0.4) is 0 Å². The second kappa shape index (κ2) is 4.16. The lowest BCUT2D eigenvalue weighted by atomic mass is 10.3. The number of nitrogens with two attached hydrogens (primary N) is 1. The summed E-state index contributed by atoms with van der Waals surface area (Å²) in [6.45, 7) is 0.672. The third kappa shape index (κ3) is 2.18. The highest BCUT2D eigenvalue weighted by molar-refractivity contribution is 5.72. The molecule has 2 heterocycles. The highest BCUT2D eigenvalue weighted by Crippen LogP contribution is 2.20. The van der Waals surface area contributed by atoms with E-state index in [1.807, 2.05) is 0 Å². The molecular weight excluding hydrogens is 194 g/mol. The first kappa shape index (κ1) is 9.76. The molecule has 80 valence electrons. The Morgan fingerprint density at radius 2 is 2.27 bits per heavy atom. The van der Waals surface area contributed by atoms with Gasteiger partial charge in [-0.2, -0.15) is 0 Å². The molecule has 1 aromatic heterocycles. The van der Waals surface area contributed by atoms with Crippen LogP contribution in [0.25, 0.3) is 0 Å². The molecule has 1 aliphatic rings. The van der Waals surface area contributed by atoms with Crippen LogP contribution in [0.15, 0.2) is 24.5 Å². The van der Waals surface area contributed by atoms with Crippen LogP contribution in [-0.2, 0) is 0 Å². The molecule has 1 saturated heterocycles. The second-order valence-corrected chi connectivity index (χ2v) is 3.43. The number of aromatic nitrogens is 1. The number of nitrogens with zero attached hydrogens (tertiary/aromatic N) is 2. The topological polar surface area (TPSA) is 68.5 Å². The molecule has 0 spiro atoms. The van der Waals surface area contributed by atoms with Crippen LogP contribution in [0.2, 0.25) is 0 Å². The van der Waals surface area contributed by atoms with Crippen molar-refractivity contribution >= 4 is 6.03 Å². The van der Waals surface area contributed by atoms with Crippen molar-refractivity contribution in [2.45, 2.75) is 19.1 Å². The summed E-state index contributed by atoms with van der Waals surface area (Å²) in [5, 5.41) is 0. The number of hydrogen-bond donors (Lipinski definition) is 1. The number of amides is 2. The lowest BCUT2D eigenvalue weighted by molar-refractivity contribution is 0.0861. The second-order valence-electron chi connectivity index (χ2n) is 3.43. The monoisotopic (exact) mass is 207 g/mol. The molecule has 5 nitrogen and oxygen atoms in total. The molecule has 0 saturated carbocycles. The van der Waals surface area contributed by atoms with E-state index in [0.717, 1.165) is 12.8 Å². The number of carbonyl (C=O) groups is 1. The average molecular weight is 207 g/mol. The first-order valence-electron chi connectivity index (χ1n) is 4.90. The Morgan fingerprint density at radius 3 is 2.93 bits per heavy atom. The van der Waals surface area contributed by atoms with Gasteiger partial charge in [0, 0.05) is 25.4 Å². The standard InChI is InChI=1S/C10H13N3O2/c11-10(14)13-7-1-2-9(13)15-8-3-5-12-6-4-8/h3-6,9H,1-2,7H2,(H2,11,14)/t9-/m0/s1. The van der Waals surface area contributed by atoms with Crippen molar-refractivity contribution in [2.75, 3.05) is 6.54 Å². The van der Waals surface area contributed by atoms with Gasteiger partial charge in [-0.1, -0.05) is 0 Å². The number of urea groups is 1. The maximum atomic E-state index is 11.1. The van der Waals surface area contributed by atoms with Crippen molar-refractivity contribution in [1.82, 2.24) is 9.88 Å². The van der Waals surface area contributed by atoms with E-state index in [1.54, 1.807) is 29.4 Å². The maximum absolute atomic E-state index is 11.1. The van der Waals surface area contributed by atoms with E-state index in [1.165, 1.54) is 0 Å². The molecule has 1 aromatic rings. The molecule has 2 amide bonds. The summed E-state index contributed by atoms with van der Waals surface area (Å²) in [4.78, 5) is 16.5. The fraction of sp³-hybridized carbons (Fsp3) is 0.400. The molecule has 0 radical (unpaired) electrons. The first-order chi connectivity index (χ1) is 7.27. The third-order valence-corrected chi connectivity index (χ3v) is 2.40. The van der Waals surface area contributed by atoms with Crippen LogP contribution in [0.1, 0.15) is 12.8 Å². The van der Waals surface area contributed by atoms with Gasteiger partial charge in [-0.3, -0.25) is 9.88 Å². The number of likely N-dealkylation sites (tertiary alicyclic amines) is 1. The smallest absolute Gasteiger partial charge is 0.317 e. The zero-order chi connectivity index (χ0) is 10.7. The SMILES string of the molecule is NC(=O)N1CCC[C@@H]1Oc1ccncc1. The third-order valence-electron chi connectivity index (χ3n) is 2.40.